The van der Waals surface area contributed by atoms with Crippen molar-refractivity contribution >= 4 is 40.3 Å². The van der Waals surface area contributed by atoms with Crippen molar-refractivity contribution in [3.8, 4) is 0 Å². The van der Waals surface area contributed by atoms with Crippen molar-refractivity contribution in [2.45, 2.75) is 6.92 Å². The number of non-ortho nitro benzene ring substituents is 1. The first-order valence-electron chi connectivity index (χ1n) is 7.59. The summed E-state index contributed by atoms with van der Waals surface area (Å²) in [6, 6.07) is 12.9. The molecular formula is C18H13ClN4O3. The lowest BCUT2D eigenvalue weighted by atomic mass is 10.1. The van der Waals surface area contributed by atoms with E-state index >= 15 is 0 Å². The summed E-state index contributed by atoms with van der Waals surface area (Å²) in [5, 5.41) is 15.7. The van der Waals surface area contributed by atoms with Crippen LogP contribution < -0.4 is 5.43 Å². The van der Waals surface area contributed by atoms with Crippen LogP contribution in [0.15, 0.2) is 53.6 Å². The van der Waals surface area contributed by atoms with Gasteiger partial charge in [-0.25, -0.2) is 10.4 Å². The first-order valence-corrected chi connectivity index (χ1v) is 7.96. The van der Waals surface area contributed by atoms with E-state index in [1.165, 1.54) is 30.5 Å². The number of amides is 1. The van der Waals surface area contributed by atoms with Crippen molar-refractivity contribution in [1.29, 1.82) is 0 Å². The van der Waals surface area contributed by atoms with Crippen LogP contribution in [0.4, 0.5) is 5.69 Å². The molecule has 0 saturated heterocycles. The number of aromatic nitrogens is 1. The average molecular weight is 369 g/mol. The van der Waals surface area contributed by atoms with Gasteiger partial charge in [0.25, 0.3) is 11.6 Å². The Balaban J connectivity index is 1.74. The molecule has 0 saturated carbocycles. The molecule has 26 heavy (non-hydrogen) atoms. The molecule has 0 aliphatic heterocycles. The summed E-state index contributed by atoms with van der Waals surface area (Å²) in [6.45, 7) is 1.97. The van der Waals surface area contributed by atoms with Gasteiger partial charge in [0.05, 0.1) is 16.7 Å². The number of hydrazone groups is 1. The quantitative estimate of drug-likeness (QED) is 0.327. The fourth-order valence-corrected chi connectivity index (χ4v) is 2.51. The summed E-state index contributed by atoms with van der Waals surface area (Å²) in [6.07, 6.45) is 1.40. The van der Waals surface area contributed by atoms with E-state index in [-0.39, 0.29) is 16.4 Å². The van der Waals surface area contributed by atoms with Crippen LogP contribution in [0.1, 0.15) is 21.5 Å². The molecule has 0 bridgehead atoms. The summed E-state index contributed by atoms with van der Waals surface area (Å²) in [7, 11) is 0. The molecule has 0 aliphatic carbocycles. The van der Waals surface area contributed by atoms with Crippen LogP contribution in [-0.4, -0.2) is 22.0 Å². The summed E-state index contributed by atoms with van der Waals surface area (Å²) < 4.78 is 0. The van der Waals surface area contributed by atoms with Gasteiger partial charge in [-0.2, -0.15) is 5.10 Å². The van der Waals surface area contributed by atoms with Gasteiger partial charge >= 0.3 is 0 Å². The second kappa shape index (κ2) is 7.28. The Labute approximate surface area is 153 Å². The van der Waals surface area contributed by atoms with Crippen LogP contribution in [0.2, 0.25) is 5.15 Å². The van der Waals surface area contributed by atoms with E-state index in [0.717, 1.165) is 16.5 Å². The molecule has 1 N–H and O–H groups in total. The van der Waals surface area contributed by atoms with Crippen molar-refractivity contribution in [1.82, 2.24) is 10.4 Å². The maximum atomic E-state index is 12.0. The van der Waals surface area contributed by atoms with Gasteiger partial charge in [0.15, 0.2) is 0 Å². The van der Waals surface area contributed by atoms with Crippen molar-refractivity contribution < 1.29 is 9.72 Å². The van der Waals surface area contributed by atoms with Crippen LogP contribution in [0, 0.1) is 17.0 Å². The molecular weight excluding hydrogens is 356 g/mol. The number of aryl methyl sites for hydroxylation is 1. The van der Waals surface area contributed by atoms with Gasteiger partial charge in [-0.05, 0) is 36.8 Å². The Morgan fingerprint density at radius 3 is 2.65 bits per heavy atom. The number of hydrogen-bond donors (Lipinski definition) is 1. The lowest BCUT2D eigenvalue weighted by molar-refractivity contribution is -0.384. The van der Waals surface area contributed by atoms with Crippen LogP contribution >= 0.6 is 11.6 Å². The number of nitro benzene ring substituents is 1. The average Bonchev–Trinajstić information content (AvgIpc) is 2.62. The molecule has 2 aromatic carbocycles. The Kier molecular flexibility index (Phi) is 4.90. The highest BCUT2D eigenvalue weighted by Crippen LogP contribution is 2.20. The lowest BCUT2D eigenvalue weighted by Crippen LogP contribution is -2.17. The number of nitrogens with one attached hydrogen (secondary N) is 1. The fourth-order valence-electron chi connectivity index (χ4n) is 2.32. The lowest BCUT2D eigenvalue weighted by Gasteiger charge is -2.03. The van der Waals surface area contributed by atoms with Crippen molar-refractivity contribution in [3.63, 3.8) is 0 Å². The van der Waals surface area contributed by atoms with Gasteiger partial charge in [-0.3, -0.25) is 14.9 Å². The van der Waals surface area contributed by atoms with Crippen LogP contribution in [0.3, 0.4) is 0 Å². The highest BCUT2D eigenvalue weighted by molar-refractivity contribution is 6.32. The number of hydrogen-bond acceptors (Lipinski definition) is 5. The molecule has 0 unspecified atom stereocenters. The molecule has 0 aliphatic rings. The minimum atomic E-state index is -0.532. The van der Waals surface area contributed by atoms with Crippen LogP contribution in [0.5, 0.6) is 0 Å². The third-order valence-corrected chi connectivity index (χ3v) is 3.97. The van der Waals surface area contributed by atoms with E-state index in [9.17, 15) is 14.9 Å². The number of benzene rings is 2. The number of pyridine rings is 1. The summed E-state index contributed by atoms with van der Waals surface area (Å²) in [4.78, 5) is 26.4. The van der Waals surface area contributed by atoms with Crippen molar-refractivity contribution in [2.24, 2.45) is 5.10 Å². The van der Waals surface area contributed by atoms with Gasteiger partial charge in [0.2, 0.25) is 0 Å². The SMILES string of the molecule is Cc1ccc2cc(C=NNC(=O)c3ccc([N+](=O)[O-])cc3)c(Cl)nc2c1. The first kappa shape index (κ1) is 17.5. The Hall–Kier alpha value is -3.32. The van der Waals surface area contributed by atoms with Crippen molar-refractivity contribution in [2.75, 3.05) is 0 Å². The van der Waals surface area contributed by atoms with E-state index in [1.54, 1.807) is 0 Å². The zero-order chi connectivity index (χ0) is 18.7. The number of carbonyl (C=O) groups is 1. The number of nitro groups is 1. The predicted octanol–water partition coefficient (Wildman–Crippen LogP) is 3.87. The third kappa shape index (κ3) is 3.84. The van der Waals surface area contributed by atoms with E-state index < -0.39 is 10.8 Å². The van der Waals surface area contributed by atoms with Gasteiger partial charge in [-0.15, -0.1) is 0 Å². The molecule has 0 atom stereocenters. The molecule has 3 rings (SSSR count). The van der Waals surface area contributed by atoms with Crippen LogP contribution in [0.25, 0.3) is 10.9 Å². The van der Waals surface area contributed by atoms with Gasteiger partial charge in [0.1, 0.15) is 5.15 Å². The Morgan fingerprint density at radius 2 is 1.96 bits per heavy atom. The van der Waals surface area contributed by atoms with Gasteiger partial charge < -0.3 is 0 Å². The zero-order valence-electron chi connectivity index (χ0n) is 13.6. The molecule has 0 radical (unpaired) electrons. The molecule has 3 aromatic rings. The van der Waals surface area contributed by atoms with Gasteiger partial charge in [-0.1, -0.05) is 23.7 Å². The van der Waals surface area contributed by atoms with E-state index in [0.29, 0.717) is 5.56 Å². The molecule has 1 aromatic heterocycles. The molecule has 0 spiro atoms. The minimum absolute atomic E-state index is 0.0886. The zero-order valence-corrected chi connectivity index (χ0v) is 14.4. The topological polar surface area (TPSA) is 97.5 Å². The summed E-state index contributed by atoms with van der Waals surface area (Å²) in [5.41, 5.74) is 4.94. The second-order valence-corrected chi connectivity index (χ2v) is 5.93. The minimum Gasteiger partial charge on any atom is -0.267 e. The monoisotopic (exact) mass is 368 g/mol. The highest BCUT2D eigenvalue weighted by atomic mass is 35.5. The Morgan fingerprint density at radius 1 is 1.23 bits per heavy atom. The van der Waals surface area contributed by atoms with E-state index in [2.05, 4.69) is 15.5 Å². The van der Waals surface area contributed by atoms with E-state index in [1.807, 2.05) is 31.2 Å². The maximum absolute atomic E-state index is 12.0. The number of halogens is 1. The smallest absolute Gasteiger partial charge is 0.267 e. The largest absolute Gasteiger partial charge is 0.271 e. The fraction of sp³-hybridized carbons (Fsp3) is 0.0556. The van der Waals surface area contributed by atoms with Crippen molar-refractivity contribution in [3.05, 3.63) is 80.5 Å². The standard InChI is InChI=1S/C18H13ClN4O3/c1-11-2-3-13-9-14(17(19)21-16(13)8-11)10-20-22-18(24)12-4-6-15(7-5-12)23(25)26/h2-10H,1H3,(H,22,24). The molecule has 7 nitrogen and oxygen atoms in total. The number of rotatable bonds is 4. The molecule has 1 heterocycles. The number of carbonyl (C=O) groups excluding carboxylic acids is 1. The maximum Gasteiger partial charge on any atom is 0.271 e. The molecule has 130 valence electrons. The number of nitrogens with zero attached hydrogens (tertiary/aromatic N) is 3. The molecule has 1 amide bonds. The molecule has 8 heteroatoms. The second-order valence-electron chi connectivity index (χ2n) is 5.57. The first-order chi connectivity index (χ1) is 12.4. The van der Waals surface area contributed by atoms with Crippen LogP contribution in [-0.2, 0) is 0 Å². The third-order valence-electron chi connectivity index (χ3n) is 3.66. The normalized spacial score (nSPS) is 11.0. The van der Waals surface area contributed by atoms with Gasteiger partial charge in [0, 0.05) is 28.6 Å². The Bertz CT molecular complexity index is 1030. The number of fused-ring (bicyclic) bond motifs is 1. The van der Waals surface area contributed by atoms with E-state index in [4.69, 9.17) is 11.6 Å². The highest BCUT2D eigenvalue weighted by Gasteiger charge is 2.09. The summed E-state index contributed by atoms with van der Waals surface area (Å²) in [5.74, 6) is -0.489. The molecule has 0 fully saturated rings. The summed E-state index contributed by atoms with van der Waals surface area (Å²) >= 11 is 6.16. The predicted molar refractivity (Wildman–Crippen MR) is 99.6 cm³/mol.